The predicted molar refractivity (Wildman–Crippen MR) is 147 cm³/mol. The number of rotatable bonds is 7. The molecule has 0 radical (unpaired) electrons. The summed E-state index contributed by atoms with van der Waals surface area (Å²) in [5.41, 5.74) is 3.70. The van der Waals surface area contributed by atoms with Crippen LogP contribution in [0.25, 0.3) is 16.7 Å². The van der Waals surface area contributed by atoms with Gasteiger partial charge >= 0.3 is 11.7 Å². The van der Waals surface area contributed by atoms with Gasteiger partial charge in [0.25, 0.3) is 11.8 Å². The van der Waals surface area contributed by atoms with Gasteiger partial charge in [0.2, 0.25) is 0 Å². The number of halogens is 1. The van der Waals surface area contributed by atoms with E-state index in [1.165, 1.54) is 16.7 Å². The number of fused-ring (bicyclic) bond motifs is 3. The third-order valence-electron chi connectivity index (χ3n) is 7.62. The Labute approximate surface area is 236 Å². The van der Waals surface area contributed by atoms with Gasteiger partial charge < -0.3 is 20.2 Å². The summed E-state index contributed by atoms with van der Waals surface area (Å²) in [7, 11) is 0. The first-order valence-electron chi connectivity index (χ1n) is 13.3. The average Bonchev–Trinajstić information content (AvgIpc) is 3.65. The quantitative estimate of drug-likeness (QED) is 0.268. The van der Waals surface area contributed by atoms with E-state index in [0.29, 0.717) is 41.6 Å². The Hall–Kier alpha value is -5.33. The molecule has 0 saturated heterocycles. The number of carboxylic acid groups (broad SMARTS) is 1. The number of aromatic carboxylic acids is 1. The Morgan fingerprint density at radius 3 is 2.74 bits per heavy atom. The maximum Gasteiger partial charge on any atom is 0.419 e. The first kappa shape index (κ1) is 26.9. The van der Waals surface area contributed by atoms with Crippen LogP contribution >= 0.6 is 0 Å². The number of carboxylic acids is 1. The number of amides is 2. The predicted octanol–water partition coefficient (Wildman–Crippen LogP) is 3.15. The highest BCUT2D eigenvalue weighted by Crippen LogP contribution is 2.35. The van der Waals surface area contributed by atoms with Gasteiger partial charge in [0.15, 0.2) is 17.0 Å². The Kier molecular flexibility index (Phi) is 6.56. The minimum absolute atomic E-state index is 0.0739. The molecule has 5 aromatic rings. The molecule has 3 N–H and O–H groups in total. The van der Waals surface area contributed by atoms with Crippen LogP contribution in [0.3, 0.4) is 0 Å². The lowest BCUT2D eigenvalue weighted by atomic mass is 9.98. The molecule has 1 atom stereocenters. The second kappa shape index (κ2) is 10.3. The molecule has 6 rings (SSSR count). The van der Waals surface area contributed by atoms with Gasteiger partial charge in [-0.05, 0) is 67.1 Å². The maximum atomic E-state index is 14.6. The van der Waals surface area contributed by atoms with E-state index in [2.05, 4.69) is 20.7 Å². The number of hydrogen-bond donors (Lipinski definition) is 3. The van der Waals surface area contributed by atoms with E-state index < -0.39 is 35.4 Å². The number of benzene rings is 2. The number of hydrogen-bond acceptors (Lipinski definition) is 7. The lowest BCUT2D eigenvalue weighted by molar-refractivity contribution is 0.0695. The van der Waals surface area contributed by atoms with E-state index in [-0.39, 0.29) is 29.1 Å². The number of oxazole rings is 1. The van der Waals surface area contributed by atoms with Crippen molar-refractivity contribution in [3.8, 4) is 0 Å². The van der Waals surface area contributed by atoms with Gasteiger partial charge in [0.05, 0.1) is 23.3 Å². The number of aromatic nitrogens is 4. The zero-order valence-corrected chi connectivity index (χ0v) is 22.6. The van der Waals surface area contributed by atoms with E-state index in [0.717, 1.165) is 21.8 Å². The van der Waals surface area contributed by atoms with Gasteiger partial charge in [-0.1, -0.05) is 12.1 Å². The molecule has 0 saturated carbocycles. The Morgan fingerprint density at radius 1 is 1.17 bits per heavy atom. The molecule has 1 aliphatic rings. The zero-order valence-electron chi connectivity index (χ0n) is 22.6. The first-order chi connectivity index (χ1) is 20.2. The van der Waals surface area contributed by atoms with E-state index in [9.17, 15) is 28.7 Å². The van der Waals surface area contributed by atoms with Crippen LogP contribution in [0, 0.1) is 12.7 Å². The number of nitrogens with one attached hydrogen (secondary N) is 2. The van der Waals surface area contributed by atoms with Crippen LogP contribution < -0.4 is 16.4 Å². The van der Waals surface area contributed by atoms with E-state index >= 15 is 0 Å². The largest absolute Gasteiger partial charge is 0.478 e. The van der Waals surface area contributed by atoms with Crippen molar-refractivity contribution in [1.29, 1.82) is 0 Å². The van der Waals surface area contributed by atoms with E-state index in [1.807, 2.05) is 6.92 Å². The molecule has 3 heterocycles. The molecule has 0 bridgehead atoms. The molecule has 13 heteroatoms. The monoisotopic (exact) mass is 572 g/mol. The number of carbonyl (C=O) groups excluding carboxylic acids is 2. The minimum atomic E-state index is -1.02. The van der Waals surface area contributed by atoms with Crippen molar-refractivity contribution in [2.45, 2.75) is 45.8 Å². The fourth-order valence-corrected chi connectivity index (χ4v) is 5.50. The molecule has 214 valence electrons. The second-order valence-electron chi connectivity index (χ2n) is 10.0. The summed E-state index contributed by atoms with van der Waals surface area (Å²) in [5, 5.41) is 19.0. The number of nitrogens with zero attached hydrogens (tertiary/aromatic N) is 4. The summed E-state index contributed by atoms with van der Waals surface area (Å²) in [6.07, 6.45) is 2.05. The molecule has 2 aromatic carbocycles. The molecular weight excluding hydrogens is 547 g/mol. The van der Waals surface area contributed by atoms with Crippen molar-refractivity contribution in [1.82, 2.24) is 29.8 Å². The van der Waals surface area contributed by atoms with Crippen molar-refractivity contribution in [3.63, 3.8) is 0 Å². The third-order valence-corrected chi connectivity index (χ3v) is 7.62. The van der Waals surface area contributed by atoms with Gasteiger partial charge in [0, 0.05) is 19.2 Å². The highest BCUT2D eigenvalue weighted by molar-refractivity contribution is 5.98. The fraction of sp³-hybridized carbons (Fsp3) is 0.241. The van der Waals surface area contributed by atoms with Crippen LogP contribution in [0.4, 0.5) is 4.39 Å². The van der Waals surface area contributed by atoms with Crippen molar-refractivity contribution < 1.29 is 28.3 Å². The van der Waals surface area contributed by atoms with Crippen LogP contribution in [-0.2, 0) is 19.5 Å². The molecule has 12 nitrogen and oxygen atoms in total. The van der Waals surface area contributed by atoms with E-state index in [1.54, 1.807) is 31.2 Å². The highest BCUT2D eigenvalue weighted by Gasteiger charge is 2.29. The minimum Gasteiger partial charge on any atom is -0.478 e. The maximum absolute atomic E-state index is 14.6. The van der Waals surface area contributed by atoms with Gasteiger partial charge in [-0.25, -0.2) is 23.5 Å². The van der Waals surface area contributed by atoms with Crippen LogP contribution in [-0.4, -0.2) is 42.1 Å². The number of aryl methyl sites for hydroxylation is 1. The highest BCUT2D eigenvalue weighted by atomic mass is 19.1. The summed E-state index contributed by atoms with van der Waals surface area (Å²) >= 11 is 0. The zero-order chi connectivity index (χ0) is 29.7. The lowest BCUT2D eigenvalue weighted by Crippen LogP contribution is -2.30. The molecule has 0 fully saturated rings. The molecular formula is C29H25FN6O6. The SMILES string of the molecule is CCn1c(=O)oc2ccc(CNC(=O)c3cc(C(=O)N[C@H]4CCc5c4ccc(C(=O)O)c5C)n4ncc(F)c4n3)cc21. The topological polar surface area (TPSA) is 161 Å². The fourth-order valence-electron chi connectivity index (χ4n) is 5.50. The van der Waals surface area contributed by atoms with Crippen LogP contribution in [0.15, 0.2) is 51.8 Å². The summed E-state index contributed by atoms with van der Waals surface area (Å²) in [6.45, 7) is 4.05. The van der Waals surface area contributed by atoms with Crippen LogP contribution in [0.1, 0.15) is 73.0 Å². The second-order valence-corrected chi connectivity index (χ2v) is 10.0. The van der Waals surface area contributed by atoms with Crippen molar-refractivity contribution >= 4 is 34.5 Å². The Morgan fingerprint density at radius 2 is 1.98 bits per heavy atom. The summed E-state index contributed by atoms with van der Waals surface area (Å²) in [5.74, 6) is -3.53. The average molecular weight is 573 g/mol. The molecule has 2 amide bonds. The van der Waals surface area contributed by atoms with Crippen molar-refractivity contribution in [2.24, 2.45) is 0 Å². The standard InChI is InChI=1S/C29H25FN6O6/c1-3-35-22-10-15(4-9-24(22)42-29(35)41)12-31-26(37)21-11-23(36-25(33-21)19(30)13-32-36)27(38)34-20-8-7-16-14(2)17(28(39)40)5-6-18(16)20/h4-6,9-11,13,20H,3,7-8,12H2,1-2H3,(H,31,37)(H,34,38)(H,39,40)/t20-/m0/s1. The van der Waals surface area contributed by atoms with Crippen LogP contribution in [0.5, 0.6) is 0 Å². The Balaban J connectivity index is 1.25. The Bertz CT molecular complexity index is 1990. The molecule has 0 spiro atoms. The van der Waals surface area contributed by atoms with E-state index in [4.69, 9.17) is 4.42 Å². The normalized spacial score (nSPS) is 14.3. The van der Waals surface area contributed by atoms with Gasteiger partial charge in [-0.3, -0.25) is 14.2 Å². The lowest BCUT2D eigenvalue weighted by Gasteiger charge is -2.16. The first-order valence-corrected chi connectivity index (χ1v) is 13.3. The van der Waals surface area contributed by atoms with Gasteiger partial charge in [-0.2, -0.15) is 5.10 Å². The molecule has 0 aliphatic heterocycles. The molecule has 1 aliphatic carbocycles. The summed E-state index contributed by atoms with van der Waals surface area (Å²) < 4.78 is 22.3. The van der Waals surface area contributed by atoms with Gasteiger partial charge in [-0.15, -0.1) is 0 Å². The van der Waals surface area contributed by atoms with Gasteiger partial charge in [0.1, 0.15) is 11.4 Å². The smallest absolute Gasteiger partial charge is 0.419 e. The van der Waals surface area contributed by atoms with Crippen molar-refractivity contribution in [2.75, 3.05) is 0 Å². The van der Waals surface area contributed by atoms with Crippen LogP contribution in [0.2, 0.25) is 0 Å². The summed E-state index contributed by atoms with van der Waals surface area (Å²) in [6, 6.07) is 9.13. The summed E-state index contributed by atoms with van der Waals surface area (Å²) in [4.78, 5) is 54.2. The molecule has 42 heavy (non-hydrogen) atoms. The third kappa shape index (κ3) is 4.48. The number of carbonyl (C=O) groups is 3. The molecule has 0 unspecified atom stereocenters. The van der Waals surface area contributed by atoms with Crippen molar-refractivity contribution in [3.05, 3.63) is 98.2 Å². The molecule has 3 aromatic heterocycles.